The Morgan fingerprint density at radius 1 is 1.08 bits per heavy atom. The molecule has 0 aromatic heterocycles. The number of hydrogen-bond acceptors (Lipinski definition) is 7. The minimum Gasteiger partial charge on any atom is -0.493 e. The van der Waals surface area contributed by atoms with Gasteiger partial charge in [0.15, 0.2) is 11.5 Å². The molecular weight excluding hydrogens is 484 g/mol. The van der Waals surface area contributed by atoms with Crippen LogP contribution in [0.1, 0.15) is 65.4 Å². The van der Waals surface area contributed by atoms with Crippen LogP contribution in [-0.2, 0) is 20.7 Å². The molecule has 8 nitrogen and oxygen atoms in total. The summed E-state index contributed by atoms with van der Waals surface area (Å²) in [5.41, 5.74) is 7.70. The van der Waals surface area contributed by atoms with Gasteiger partial charge in [0.2, 0.25) is 5.91 Å². The zero-order chi connectivity index (χ0) is 28.1. The summed E-state index contributed by atoms with van der Waals surface area (Å²) in [5, 5.41) is 14.2. The van der Waals surface area contributed by atoms with Gasteiger partial charge in [0.1, 0.15) is 0 Å². The first-order valence-corrected chi connectivity index (χ1v) is 14.3. The van der Waals surface area contributed by atoms with Gasteiger partial charge in [-0.15, -0.1) is 0 Å². The van der Waals surface area contributed by atoms with Gasteiger partial charge in [-0.1, -0.05) is 33.8 Å². The largest absolute Gasteiger partial charge is 0.493 e. The van der Waals surface area contributed by atoms with Crippen LogP contribution in [0.2, 0.25) is 0 Å². The van der Waals surface area contributed by atoms with Gasteiger partial charge >= 0.3 is 0 Å². The molecule has 2 rings (SSSR count). The van der Waals surface area contributed by atoms with Crippen molar-refractivity contribution in [1.82, 2.24) is 5.32 Å². The molecule has 1 aromatic carbocycles. The predicted octanol–water partition coefficient (Wildman–Crippen LogP) is 3.96. The normalized spacial score (nSPS) is 17.7. The molecule has 1 aromatic rings. The molecule has 0 spiro atoms. The van der Waals surface area contributed by atoms with Crippen molar-refractivity contribution in [2.45, 2.75) is 84.4 Å². The second kappa shape index (κ2) is 17.0. The number of methoxy groups -OCH3 is 2. The zero-order valence-electron chi connectivity index (χ0n) is 24.4. The Bertz CT molecular complexity index is 812. The highest BCUT2D eigenvalue weighted by atomic mass is 16.5. The molecule has 0 radical (unpaired) electrons. The molecule has 0 unspecified atom stereocenters. The first kappa shape index (κ1) is 32.3. The van der Waals surface area contributed by atoms with E-state index >= 15 is 0 Å². The van der Waals surface area contributed by atoms with Crippen molar-refractivity contribution in [2.24, 2.45) is 29.4 Å². The maximum atomic E-state index is 13.0. The molecule has 38 heavy (non-hydrogen) atoms. The summed E-state index contributed by atoms with van der Waals surface area (Å²) in [5.74, 6) is 1.91. The number of nitrogens with two attached hydrogens (primary N) is 1. The number of amides is 1. The minimum absolute atomic E-state index is 0.00909. The standard InChI is InChI=1S/C30H52N2O6/c1-20(2)23(16-22-8-9-28(36-6)29(17-22)38-13-7-12-35-5)18-26(31)27(33)19-25(21(3)4)30(34)32-24-10-14-37-15-11-24/h8-9,17,20-21,23-27,33H,7,10-16,18-19,31H2,1-6H3,(H,32,34)/t23-,25-,26-,27-/m0/s1. The average molecular weight is 537 g/mol. The van der Waals surface area contributed by atoms with Crippen molar-refractivity contribution >= 4 is 5.91 Å². The summed E-state index contributed by atoms with van der Waals surface area (Å²) in [6.45, 7) is 11.0. The van der Waals surface area contributed by atoms with Gasteiger partial charge in [-0.25, -0.2) is 0 Å². The van der Waals surface area contributed by atoms with Crippen LogP contribution >= 0.6 is 0 Å². The van der Waals surface area contributed by atoms with Crippen LogP contribution in [0.25, 0.3) is 0 Å². The number of rotatable bonds is 17. The molecule has 1 heterocycles. The Morgan fingerprint density at radius 3 is 2.39 bits per heavy atom. The van der Waals surface area contributed by atoms with Crippen LogP contribution in [0.15, 0.2) is 18.2 Å². The summed E-state index contributed by atoms with van der Waals surface area (Å²) in [6.07, 6.45) is 3.56. The summed E-state index contributed by atoms with van der Waals surface area (Å²) < 4.78 is 22.0. The third-order valence-corrected chi connectivity index (χ3v) is 7.69. The van der Waals surface area contributed by atoms with Crippen LogP contribution in [0.4, 0.5) is 0 Å². The molecule has 0 aliphatic carbocycles. The molecule has 0 saturated carbocycles. The molecule has 1 amide bonds. The summed E-state index contributed by atoms with van der Waals surface area (Å²) in [6, 6.07) is 5.78. The molecule has 1 fully saturated rings. The van der Waals surface area contributed by atoms with E-state index in [0.29, 0.717) is 50.9 Å². The van der Waals surface area contributed by atoms with E-state index in [2.05, 4.69) is 25.2 Å². The fraction of sp³-hybridized carbons (Fsp3) is 0.767. The van der Waals surface area contributed by atoms with Crippen LogP contribution in [-0.4, -0.2) is 69.8 Å². The Morgan fingerprint density at radius 2 is 1.79 bits per heavy atom. The van der Waals surface area contributed by atoms with Gasteiger partial charge in [0.05, 0.1) is 19.8 Å². The molecule has 4 atom stereocenters. The fourth-order valence-electron chi connectivity index (χ4n) is 5.01. The smallest absolute Gasteiger partial charge is 0.223 e. The second-order valence-corrected chi connectivity index (χ2v) is 11.3. The molecule has 1 aliphatic heterocycles. The molecular formula is C30H52N2O6. The third kappa shape index (κ3) is 10.7. The molecule has 4 N–H and O–H groups in total. The van der Waals surface area contributed by atoms with Crippen LogP contribution in [0, 0.1) is 23.7 Å². The summed E-state index contributed by atoms with van der Waals surface area (Å²) >= 11 is 0. The number of carbonyl (C=O) groups is 1. The van der Waals surface area contributed by atoms with Gasteiger partial charge in [-0.05, 0) is 67.6 Å². The van der Waals surface area contributed by atoms with Gasteiger partial charge in [-0.2, -0.15) is 0 Å². The highest BCUT2D eigenvalue weighted by Crippen LogP contribution is 2.32. The number of benzene rings is 1. The zero-order valence-corrected chi connectivity index (χ0v) is 24.4. The van der Waals surface area contributed by atoms with Gasteiger partial charge in [0, 0.05) is 51.4 Å². The van der Waals surface area contributed by atoms with Crippen molar-refractivity contribution in [3.8, 4) is 11.5 Å². The molecule has 218 valence electrons. The maximum Gasteiger partial charge on any atom is 0.223 e. The molecule has 0 bridgehead atoms. The SMILES string of the molecule is COCCCOc1cc(C[C@@H](C[C@H](N)[C@@H](O)C[C@H](C(=O)NC2CCOCC2)C(C)C)C(C)C)ccc1OC. The highest BCUT2D eigenvalue weighted by Gasteiger charge is 2.31. The van der Waals surface area contributed by atoms with E-state index in [-0.39, 0.29) is 29.7 Å². The van der Waals surface area contributed by atoms with Gasteiger partial charge < -0.3 is 35.1 Å². The van der Waals surface area contributed by atoms with Crippen molar-refractivity contribution in [3.05, 3.63) is 23.8 Å². The lowest BCUT2D eigenvalue weighted by Gasteiger charge is -2.31. The quantitative estimate of drug-likeness (QED) is 0.258. The number of ether oxygens (including phenoxy) is 4. The van der Waals surface area contributed by atoms with Crippen molar-refractivity contribution < 1.29 is 28.8 Å². The van der Waals surface area contributed by atoms with E-state index in [1.54, 1.807) is 14.2 Å². The Hall–Kier alpha value is -1.87. The molecule has 1 aliphatic rings. The number of nitrogens with one attached hydrogen (secondary N) is 1. The highest BCUT2D eigenvalue weighted by molar-refractivity contribution is 5.79. The molecule has 1 saturated heterocycles. The first-order chi connectivity index (χ1) is 18.2. The van der Waals surface area contributed by atoms with E-state index in [1.807, 2.05) is 26.0 Å². The average Bonchev–Trinajstić information content (AvgIpc) is 2.89. The van der Waals surface area contributed by atoms with Crippen molar-refractivity contribution in [2.75, 3.05) is 40.6 Å². The second-order valence-electron chi connectivity index (χ2n) is 11.3. The molecule has 8 heteroatoms. The number of hydrogen-bond donors (Lipinski definition) is 3. The van der Waals surface area contributed by atoms with E-state index in [9.17, 15) is 9.90 Å². The lowest BCUT2D eigenvalue weighted by Crippen LogP contribution is -2.46. The monoisotopic (exact) mass is 536 g/mol. The number of carbonyl (C=O) groups excluding carboxylic acids is 1. The van der Waals surface area contributed by atoms with Crippen LogP contribution in [0.5, 0.6) is 11.5 Å². The van der Waals surface area contributed by atoms with E-state index in [4.69, 9.17) is 24.7 Å². The van der Waals surface area contributed by atoms with Crippen LogP contribution < -0.4 is 20.5 Å². The Balaban J connectivity index is 2.00. The van der Waals surface area contributed by atoms with Crippen LogP contribution in [0.3, 0.4) is 0 Å². The van der Waals surface area contributed by atoms with Crippen molar-refractivity contribution in [1.29, 1.82) is 0 Å². The maximum absolute atomic E-state index is 13.0. The fourth-order valence-corrected chi connectivity index (χ4v) is 5.01. The lowest BCUT2D eigenvalue weighted by molar-refractivity contribution is -0.129. The number of aliphatic hydroxyl groups is 1. The number of aliphatic hydroxyl groups excluding tert-OH is 1. The summed E-state index contributed by atoms with van der Waals surface area (Å²) in [7, 11) is 3.32. The first-order valence-electron chi connectivity index (χ1n) is 14.3. The van der Waals surface area contributed by atoms with Gasteiger partial charge in [-0.3, -0.25) is 4.79 Å². The minimum atomic E-state index is -0.750. The summed E-state index contributed by atoms with van der Waals surface area (Å²) in [4.78, 5) is 13.0. The predicted molar refractivity (Wildman–Crippen MR) is 151 cm³/mol. The van der Waals surface area contributed by atoms with Crippen molar-refractivity contribution in [3.63, 3.8) is 0 Å². The van der Waals surface area contributed by atoms with E-state index < -0.39 is 12.1 Å². The Kier molecular flexibility index (Phi) is 14.4. The van der Waals surface area contributed by atoms with E-state index in [0.717, 1.165) is 37.0 Å². The van der Waals surface area contributed by atoms with Gasteiger partial charge in [0.25, 0.3) is 0 Å². The Labute approximate surface area is 229 Å². The van der Waals surface area contributed by atoms with E-state index in [1.165, 1.54) is 0 Å². The third-order valence-electron chi connectivity index (χ3n) is 7.69. The lowest BCUT2D eigenvalue weighted by atomic mass is 9.80. The topological polar surface area (TPSA) is 112 Å².